The molecule has 2 aromatic carbocycles. The molecular weight excluding hydrogens is 578 g/mol. The molecule has 10 heteroatoms. The molecule has 2 fully saturated rings. The quantitative estimate of drug-likeness (QED) is 0.343. The van der Waals surface area contributed by atoms with Gasteiger partial charge in [-0.25, -0.2) is 4.98 Å². The van der Waals surface area contributed by atoms with E-state index in [4.69, 9.17) is 14.5 Å². The Morgan fingerprint density at radius 2 is 1.91 bits per heavy atom. The first-order valence-corrected chi connectivity index (χ1v) is 16.0. The summed E-state index contributed by atoms with van der Waals surface area (Å²) >= 11 is 0. The Labute approximate surface area is 271 Å². The van der Waals surface area contributed by atoms with Crippen molar-refractivity contribution >= 4 is 28.1 Å². The van der Waals surface area contributed by atoms with Crippen molar-refractivity contribution in [2.24, 2.45) is 0 Å². The van der Waals surface area contributed by atoms with Gasteiger partial charge in [0.25, 0.3) is 0 Å². The number of nitrogens with zero attached hydrogens (tertiary/aromatic N) is 7. The monoisotopic (exact) mass is 619 g/mol. The minimum atomic E-state index is -0.319. The third-order valence-corrected chi connectivity index (χ3v) is 9.82. The minimum Gasteiger partial charge on any atom is -0.475 e. The van der Waals surface area contributed by atoms with Gasteiger partial charge in [0.2, 0.25) is 11.8 Å². The SMILES string of the molecule is C=CC(=O)N1CCN(c2c(C#N)c(OC[C@@H]3C[C@@H](OC)CN3C)nc3c2CCN(c2cccc4cccc(C)c24)C3)C[C@@H]1CC#N. The fraction of sp³-hybridized carbons (Fsp3) is 0.444. The molecule has 3 aromatic rings. The number of rotatable bonds is 8. The first-order valence-electron chi connectivity index (χ1n) is 16.0. The van der Waals surface area contributed by atoms with Gasteiger partial charge >= 0.3 is 0 Å². The summed E-state index contributed by atoms with van der Waals surface area (Å²) in [7, 11) is 3.80. The number of methoxy groups -OCH3 is 1. The van der Waals surface area contributed by atoms with Crippen molar-refractivity contribution in [1.82, 2.24) is 14.8 Å². The molecule has 2 saturated heterocycles. The van der Waals surface area contributed by atoms with Gasteiger partial charge in [0.1, 0.15) is 18.2 Å². The van der Waals surface area contributed by atoms with Crippen LogP contribution in [0.2, 0.25) is 0 Å². The number of benzene rings is 2. The van der Waals surface area contributed by atoms with Crippen molar-refractivity contribution in [3.63, 3.8) is 0 Å². The van der Waals surface area contributed by atoms with Gasteiger partial charge in [-0.1, -0.05) is 36.9 Å². The van der Waals surface area contributed by atoms with Gasteiger partial charge in [-0.3, -0.25) is 9.69 Å². The highest BCUT2D eigenvalue weighted by atomic mass is 16.5. The average Bonchev–Trinajstić information content (AvgIpc) is 3.45. The lowest BCUT2D eigenvalue weighted by Crippen LogP contribution is -2.55. The summed E-state index contributed by atoms with van der Waals surface area (Å²) in [6.07, 6.45) is 3.18. The fourth-order valence-corrected chi connectivity index (χ4v) is 7.38. The number of carbonyl (C=O) groups is 1. The number of nitriles is 2. The summed E-state index contributed by atoms with van der Waals surface area (Å²) in [5, 5.41) is 22.7. The van der Waals surface area contributed by atoms with E-state index in [1.54, 1.807) is 12.0 Å². The number of hydrogen-bond acceptors (Lipinski definition) is 9. The Hall–Kier alpha value is -4.64. The minimum absolute atomic E-state index is 0.140. The van der Waals surface area contributed by atoms with Gasteiger partial charge in [0, 0.05) is 62.5 Å². The number of piperazine rings is 1. The van der Waals surface area contributed by atoms with Crippen molar-refractivity contribution in [1.29, 1.82) is 10.5 Å². The van der Waals surface area contributed by atoms with Crippen LogP contribution >= 0.6 is 0 Å². The van der Waals surface area contributed by atoms with Crippen molar-refractivity contribution < 1.29 is 14.3 Å². The molecule has 3 aliphatic heterocycles. The largest absolute Gasteiger partial charge is 0.475 e. The van der Waals surface area contributed by atoms with Crippen LogP contribution in [0.15, 0.2) is 49.1 Å². The third-order valence-electron chi connectivity index (χ3n) is 9.82. The Kier molecular flexibility index (Phi) is 9.12. The summed E-state index contributed by atoms with van der Waals surface area (Å²) in [6.45, 7) is 9.75. The van der Waals surface area contributed by atoms with E-state index in [0.29, 0.717) is 50.7 Å². The predicted molar refractivity (Wildman–Crippen MR) is 178 cm³/mol. The molecule has 0 bridgehead atoms. The number of amides is 1. The number of pyridine rings is 1. The third kappa shape index (κ3) is 5.87. The second-order valence-electron chi connectivity index (χ2n) is 12.5. The van der Waals surface area contributed by atoms with Crippen molar-refractivity contribution in [2.75, 3.05) is 63.3 Å². The maximum absolute atomic E-state index is 12.7. The van der Waals surface area contributed by atoms with Gasteiger partial charge < -0.3 is 24.2 Å². The fourth-order valence-electron chi connectivity index (χ4n) is 7.38. The molecule has 0 unspecified atom stereocenters. The summed E-state index contributed by atoms with van der Waals surface area (Å²) in [6, 6.07) is 17.3. The molecule has 10 nitrogen and oxygen atoms in total. The molecule has 1 amide bonds. The maximum atomic E-state index is 12.7. The van der Waals surface area contributed by atoms with Gasteiger partial charge in [-0.05, 0) is 49.9 Å². The lowest BCUT2D eigenvalue weighted by molar-refractivity contribution is -0.128. The van der Waals surface area contributed by atoms with Crippen LogP contribution in [-0.2, 0) is 22.5 Å². The molecule has 0 saturated carbocycles. The van der Waals surface area contributed by atoms with Gasteiger partial charge in [0.05, 0.1) is 42.6 Å². The Morgan fingerprint density at radius 1 is 1.11 bits per heavy atom. The number of aryl methyl sites for hydroxylation is 1. The van der Waals surface area contributed by atoms with E-state index in [9.17, 15) is 15.3 Å². The second kappa shape index (κ2) is 13.4. The normalized spacial score (nSPS) is 21.5. The van der Waals surface area contributed by atoms with Gasteiger partial charge in [-0.2, -0.15) is 10.5 Å². The average molecular weight is 620 g/mol. The zero-order valence-corrected chi connectivity index (χ0v) is 26.9. The van der Waals surface area contributed by atoms with E-state index < -0.39 is 0 Å². The number of anilines is 2. The zero-order chi connectivity index (χ0) is 32.4. The Bertz CT molecular complexity index is 1720. The summed E-state index contributed by atoms with van der Waals surface area (Å²) in [5.41, 5.74) is 5.54. The molecule has 0 radical (unpaired) electrons. The van der Waals surface area contributed by atoms with Crippen LogP contribution in [0, 0.1) is 29.6 Å². The van der Waals surface area contributed by atoms with Crippen LogP contribution in [0.4, 0.5) is 11.4 Å². The molecule has 4 heterocycles. The van der Waals surface area contributed by atoms with Crippen molar-refractivity contribution in [3.8, 4) is 18.0 Å². The summed E-state index contributed by atoms with van der Waals surface area (Å²) < 4.78 is 12.1. The lowest BCUT2D eigenvalue weighted by atomic mass is 9.95. The molecular formula is C36H41N7O3. The highest BCUT2D eigenvalue weighted by Crippen LogP contribution is 2.40. The van der Waals surface area contributed by atoms with E-state index in [0.717, 1.165) is 36.5 Å². The molecule has 0 spiro atoms. The first kappa shape index (κ1) is 31.3. The van der Waals surface area contributed by atoms with E-state index in [1.165, 1.54) is 28.1 Å². The standard InChI is InChI=1S/C36H41N7O3/c1-5-33(44)43-17-16-42(20-26(43)12-14-37)35-29-13-15-41(32-11-7-10-25-9-6-8-24(2)34(25)32)22-31(29)39-36(30(35)19-38)46-23-27-18-28(45-4)21-40(27)3/h5-11,26-28H,1,12-13,15-18,20-23H2,2-4H3/t26-,27-,28+/m0/s1. The topological polar surface area (TPSA) is 109 Å². The Balaban J connectivity index is 1.40. The van der Waals surface area contributed by atoms with Crippen LogP contribution in [-0.4, -0.2) is 92.4 Å². The Morgan fingerprint density at radius 3 is 2.63 bits per heavy atom. The van der Waals surface area contributed by atoms with Crippen LogP contribution in [0.1, 0.15) is 35.2 Å². The highest BCUT2D eigenvalue weighted by Gasteiger charge is 2.36. The lowest BCUT2D eigenvalue weighted by Gasteiger charge is -2.43. The van der Waals surface area contributed by atoms with Crippen LogP contribution in [0.25, 0.3) is 10.8 Å². The van der Waals surface area contributed by atoms with Gasteiger partial charge in [-0.15, -0.1) is 0 Å². The molecule has 3 atom stereocenters. The molecule has 0 aliphatic carbocycles. The molecule has 238 valence electrons. The van der Waals surface area contributed by atoms with Crippen LogP contribution in [0.3, 0.4) is 0 Å². The maximum Gasteiger partial charge on any atom is 0.246 e. The van der Waals surface area contributed by atoms with Crippen LogP contribution < -0.4 is 14.5 Å². The van der Waals surface area contributed by atoms with E-state index >= 15 is 0 Å². The number of likely N-dealkylation sites (N-methyl/N-ethyl adjacent to an activating group) is 1. The van der Waals surface area contributed by atoms with Crippen LogP contribution in [0.5, 0.6) is 5.88 Å². The molecule has 3 aliphatic rings. The molecule has 46 heavy (non-hydrogen) atoms. The zero-order valence-electron chi connectivity index (χ0n) is 26.9. The highest BCUT2D eigenvalue weighted by molar-refractivity contribution is 5.97. The van der Waals surface area contributed by atoms with Gasteiger partial charge in [0.15, 0.2) is 0 Å². The second-order valence-corrected chi connectivity index (χ2v) is 12.5. The predicted octanol–water partition coefficient (Wildman–Crippen LogP) is 4.19. The number of aromatic nitrogens is 1. The number of likely N-dealkylation sites (tertiary alicyclic amines) is 1. The molecule has 6 rings (SSSR count). The molecule has 1 aromatic heterocycles. The number of hydrogen-bond donors (Lipinski definition) is 0. The van der Waals surface area contributed by atoms with E-state index in [-0.39, 0.29) is 30.5 Å². The first-order chi connectivity index (χ1) is 22.4. The van der Waals surface area contributed by atoms with Crippen molar-refractivity contribution in [3.05, 3.63) is 71.4 Å². The number of fused-ring (bicyclic) bond motifs is 2. The van der Waals surface area contributed by atoms with E-state index in [1.807, 2.05) is 0 Å². The summed E-state index contributed by atoms with van der Waals surface area (Å²) in [4.78, 5) is 26.2. The smallest absolute Gasteiger partial charge is 0.246 e. The number of ether oxygens (including phenoxy) is 2. The van der Waals surface area contributed by atoms with E-state index in [2.05, 4.69) is 83.8 Å². The molecule has 0 N–H and O–H groups in total. The number of carbonyl (C=O) groups excluding carboxylic acids is 1. The summed E-state index contributed by atoms with van der Waals surface area (Å²) in [5.74, 6) is 0.153. The van der Waals surface area contributed by atoms with Crippen molar-refractivity contribution in [2.45, 2.75) is 50.9 Å².